The van der Waals surface area contributed by atoms with Gasteiger partial charge in [0.1, 0.15) is 6.61 Å². The Morgan fingerprint density at radius 2 is 1.71 bits per heavy atom. The number of para-hydroxylation sites is 1. The van der Waals surface area contributed by atoms with E-state index in [4.69, 9.17) is 9.47 Å². The zero-order chi connectivity index (χ0) is 17.4. The first kappa shape index (κ1) is 18.4. The molecule has 24 heavy (non-hydrogen) atoms. The monoisotopic (exact) mass is 331 g/mol. The standard InChI is InChI=1S/C20H26FNO2/c1-20(2,3)22-14-17-10-7-11-18(21)19(17)24-13-12-23-15-16-8-5-4-6-9-16/h4-11,22H,12-15H2,1-3H3. The van der Waals surface area contributed by atoms with Crippen LogP contribution in [0.2, 0.25) is 0 Å². The lowest BCUT2D eigenvalue weighted by Crippen LogP contribution is -2.35. The second kappa shape index (κ2) is 8.81. The van der Waals surface area contributed by atoms with Crippen molar-refractivity contribution in [3.8, 4) is 5.75 Å². The second-order valence-electron chi connectivity index (χ2n) is 6.72. The Morgan fingerprint density at radius 3 is 2.42 bits per heavy atom. The summed E-state index contributed by atoms with van der Waals surface area (Å²) < 4.78 is 25.3. The topological polar surface area (TPSA) is 30.5 Å². The number of rotatable bonds is 8. The number of benzene rings is 2. The summed E-state index contributed by atoms with van der Waals surface area (Å²) >= 11 is 0. The number of halogens is 1. The minimum atomic E-state index is -0.341. The molecule has 4 heteroatoms. The van der Waals surface area contributed by atoms with Crippen LogP contribution < -0.4 is 10.1 Å². The molecule has 0 aromatic heterocycles. The van der Waals surface area contributed by atoms with Crippen LogP contribution in [-0.2, 0) is 17.9 Å². The van der Waals surface area contributed by atoms with Crippen LogP contribution in [0.4, 0.5) is 4.39 Å². The van der Waals surface area contributed by atoms with Crippen molar-refractivity contribution in [3.05, 3.63) is 65.5 Å². The molecular formula is C20H26FNO2. The van der Waals surface area contributed by atoms with Gasteiger partial charge in [0.15, 0.2) is 11.6 Å². The van der Waals surface area contributed by atoms with Gasteiger partial charge >= 0.3 is 0 Å². The van der Waals surface area contributed by atoms with Crippen molar-refractivity contribution in [2.45, 2.75) is 39.5 Å². The highest BCUT2D eigenvalue weighted by Gasteiger charge is 2.13. The summed E-state index contributed by atoms with van der Waals surface area (Å²) in [6.45, 7) is 8.03. The molecule has 0 heterocycles. The third-order valence-corrected chi connectivity index (χ3v) is 3.44. The molecule has 130 valence electrons. The summed E-state index contributed by atoms with van der Waals surface area (Å²) in [7, 11) is 0. The van der Waals surface area contributed by atoms with Crippen molar-refractivity contribution in [1.29, 1.82) is 0 Å². The summed E-state index contributed by atoms with van der Waals surface area (Å²) in [6.07, 6.45) is 0. The average Bonchev–Trinajstić information content (AvgIpc) is 2.54. The smallest absolute Gasteiger partial charge is 0.165 e. The van der Waals surface area contributed by atoms with Crippen LogP contribution in [0.1, 0.15) is 31.9 Å². The molecule has 0 aliphatic carbocycles. The number of hydrogen-bond donors (Lipinski definition) is 1. The van der Waals surface area contributed by atoms with Gasteiger partial charge in [-0.3, -0.25) is 0 Å². The minimum absolute atomic E-state index is 0.0393. The summed E-state index contributed by atoms with van der Waals surface area (Å²) in [5.41, 5.74) is 1.88. The van der Waals surface area contributed by atoms with E-state index in [0.717, 1.165) is 11.1 Å². The van der Waals surface area contributed by atoms with Gasteiger partial charge in [0, 0.05) is 17.6 Å². The number of ether oxygens (including phenoxy) is 2. The van der Waals surface area contributed by atoms with Gasteiger partial charge in [-0.05, 0) is 32.4 Å². The van der Waals surface area contributed by atoms with Crippen LogP contribution in [0.25, 0.3) is 0 Å². The van der Waals surface area contributed by atoms with Crippen LogP contribution in [-0.4, -0.2) is 18.8 Å². The Bertz CT molecular complexity index is 623. The van der Waals surface area contributed by atoms with Crippen molar-refractivity contribution in [2.75, 3.05) is 13.2 Å². The van der Waals surface area contributed by atoms with Gasteiger partial charge in [-0.25, -0.2) is 4.39 Å². The van der Waals surface area contributed by atoms with Gasteiger partial charge in [0.25, 0.3) is 0 Å². The third-order valence-electron chi connectivity index (χ3n) is 3.44. The van der Waals surface area contributed by atoms with Gasteiger partial charge in [0.05, 0.1) is 13.2 Å². The van der Waals surface area contributed by atoms with E-state index in [2.05, 4.69) is 26.1 Å². The van der Waals surface area contributed by atoms with Crippen molar-refractivity contribution < 1.29 is 13.9 Å². The highest BCUT2D eigenvalue weighted by Crippen LogP contribution is 2.23. The van der Waals surface area contributed by atoms with E-state index in [9.17, 15) is 4.39 Å². The minimum Gasteiger partial charge on any atom is -0.488 e. The van der Waals surface area contributed by atoms with E-state index in [1.165, 1.54) is 6.07 Å². The molecule has 0 atom stereocenters. The molecule has 0 radical (unpaired) electrons. The van der Waals surface area contributed by atoms with E-state index in [-0.39, 0.29) is 11.4 Å². The molecule has 1 N–H and O–H groups in total. The summed E-state index contributed by atoms with van der Waals surface area (Å²) in [4.78, 5) is 0. The van der Waals surface area contributed by atoms with Crippen LogP contribution in [0.3, 0.4) is 0 Å². The number of nitrogens with one attached hydrogen (secondary N) is 1. The average molecular weight is 331 g/mol. The maximum Gasteiger partial charge on any atom is 0.165 e. The SMILES string of the molecule is CC(C)(C)NCc1cccc(F)c1OCCOCc1ccccc1. The zero-order valence-corrected chi connectivity index (χ0v) is 14.6. The van der Waals surface area contributed by atoms with E-state index >= 15 is 0 Å². The molecule has 0 saturated heterocycles. The lowest BCUT2D eigenvalue weighted by Gasteiger charge is -2.22. The maximum atomic E-state index is 14.1. The molecule has 0 amide bonds. The Labute approximate surface area is 143 Å². The molecule has 0 aliphatic heterocycles. The number of hydrogen-bond acceptors (Lipinski definition) is 3. The first-order valence-electron chi connectivity index (χ1n) is 8.22. The Hall–Kier alpha value is -1.91. The summed E-state index contributed by atoms with van der Waals surface area (Å²) in [6, 6.07) is 14.9. The maximum absolute atomic E-state index is 14.1. The predicted molar refractivity (Wildman–Crippen MR) is 94.6 cm³/mol. The Kier molecular flexibility index (Phi) is 6.76. The van der Waals surface area contributed by atoms with Crippen molar-refractivity contribution >= 4 is 0 Å². The first-order chi connectivity index (χ1) is 11.5. The van der Waals surface area contributed by atoms with Gasteiger partial charge in [0.2, 0.25) is 0 Å². The molecule has 2 aromatic carbocycles. The lowest BCUT2D eigenvalue weighted by molar-refractivity contribution is 0.0872. The highest BCUT2D eigenvalue weighted by molar-refractivity contribution is 5.35. The normalized spacial score (nSPS) is 11.5. The Morgan fingerprint density at radius 1 is 0.958 bits per heavy atom. The van der Waals surface area contributed by atoms with Crippen molar-refractivity contribution in [1.82, 2.24) is 5.32 Å². The molecule has 2 aromatic rings. The van der Waals surface area contributed by atoms with Crippen LogP contribution >= 0.6 is 0 Å². The third kappa shape index (κ3) is 6.30. The molecule has 0 bridgehead atoms. The molecule has 0 aliphatic rings. The first-order valence-corrected chi connectivity index (χ1v) is 8.22. The van der Waals surface area contributed by atoms with Gasteiger partial charge in [-0.15, -0.1) is 0 Å². The largest absolute Gasteiger partial charge is 0.488 e. The van der Waals surface area contributed by atoms with Gasteiger partial charge < -0.3 is 14.8 Å². The van der Waals surface area contributed by atoms with Crippen molar-refractivity contribution in [3.63, 3.8) is 0 Å². The van der Waals surface area contributed by atoms with Gasteiger partial charge in [-0.2, -0.15) is 0 Å². The van der Waals surface area contributed by atoms with E-state index < -0.39 is 0 Å². The highest BCUT2D eigenvalue weighted by atomic mass is 19.1. The molecule has 0 saturated carbocycles. The fourth-order valence-corrected chi connectivity index (χ4v) is 2.18. The fraction of sp³-hybridized carbons (Fsp3) is 0.400. The fourth-order valence-electron chi connectivity index (χ4n) is 2.18. The molecular weight excluding hydrogens is 305 g/mol. The lowest BCUT2D eigenvalue weighted by atomic mass is 10.1. The van der Waals surface area contributed by atoms with Gasteiger partial charge in [-0.1, -0.05) is 42.5 Å². The quantitative estimate of drug-likeness (QED) is 0.731. The van der Waals surface area contributed by atoms with Crippen LogP contribution in [0, 0.1) is 5.82 Å². The summed E-state index contributed by atoms with van der Waals surface area (Å²) in [5, 5.41) is 3.35. The van der Waals surface area contributed by atoms with Crippen LogP contribution in [0.5, 0.6) is 5.75 Å². The molecule has 0 unspecified atom stereocenters. The van der Waals surface area contributed by atoms with E-state index in [0.29, 0.717) is 32.1 Å². The van der Waals surface area contributed by atoms with E-state index in [1.807, 2.05) is 36.4 Å². The Balaban J connectivity index is 1.83. The molecule has 0 fully saturated rings. The summed E-state index contributed by atoms with van der Waals surface area (Å²) in [5.74, 6) is -0.0381. The van der Waals surface area contributed by atoms with E-state index in [1.54, 1.807) is 6.07 Å². The zero-order valence-electron chi connectivity index (χ0n) is 14.6. The molecule has 3 nitrogen and oxygen atoms in total. The predicted octanol–water partition coefficient (Wildman–Crippen LogP) is 4.31. The van der Waals surface area contributed by atoms with Crippen LogP contribution in [0.15, 0.2) is 48.5 Å². The van der Waals surface area contributed by atoms with Crippen molar-refractivity contribution in [2.24, 2.45) is 0 Å². The molecule has 2 rings (SSSR count). The second-order valence-corrected chi connectivity index (χ2v) is 6.72. The molecule has 0 spiro atoms.